The highest BCUT2D eigenvalue weighted by molar-refractivity contribution is 5.77. The number of amides is 1. The molecule has 2 rings (SSSR count). The van der Waals surface area contributed by atoms with Gasteiger partial charge in [0.25, 0.3) is 0 Å². The predicted octanol–water partition coefficient (Wildman–Crippen LogP) is 0.160. The largest absolute Gasteiger partial charge is 0.389 e. The van der Waals surface area contributed by atoms with E-state index in [1.54, 1.807) is 0 Å². The van der Waals surface area contributed by atoms with Gasteiger partial charge >= 0.3 is 0 Å². The van der Waals surface area contributed by atoms with Gasteiger partial charge in [-0.2, -0.15) is 0 Å². The van der Waals surface area contributed by atoms with Crippen LogP contribution in [0.15, 0.2) is 0 Å². The number of carbonyl (C=O) groups excluding carboxylic acids is 1. The van der Waals surface area contributed by atoms with Crippen molar-refractivity contribution in [1.29, 1.82) is 0 Å². The van der Waals surface area contributed by atoms with Crippen LogP contribution in [0.4, 0.5) is 0 Å². The summed E-state index contributed by atoms with van der Waals surface area (Å²) < 4.78 is 0. The molecule has 1 unspecified atom stereocenters. The molecule has 0 spiro atoms. The molecule has 0 aromatic rings. The maximum Gasteiger partial charge on any atom is 0.223 e. The quantitative estimate of drug-likeness (QED) is 0.624. The molecule has 1 heterocycles. The van der Waals surface area contributed by atoms with Gasteiger partial charge in [0, 0.05) is 6.04 Å². The van der Waals surface area contributed by atoms with Gasteiger partial charge in [0.15, 0.2) is 0 Å². The molecule has 1 saturated carbocycles. The molecule has 2 fully saturated rings. The second-order valence-electron chi connectivity index (χ2n) is 4.85. The van der Waals surface area contributed by atoms with Gasteiger partial charge in [-0.05, 0) is 45.2 Å². The summed E-state index contributed by atoms with van der Waals surface area (Å²) in [5.41, 5.74) is -0.775. The Morgan fingerprint density at radius 1 is 1.40 bits per heavy atom. The van der Waals surface area contributed by atoms with Gasteiger partial charge in [0.05, 0.1) is 12.0 Å². The van der Waals surface area contributed by atoms with Gasteiger partial charge in [-0.1, -0.05) is 0 Å². The highest BCUT2D eigenvalue weighted by Gasteiger charge is 2.32. The summed E-state index contributed by atoms with van der Waals surface area (Å²) in [6.07, 6.45) is 4.85. The van der Waals surface area contributed by atoms with Crippen LogP contribution < -0.4 is 10.6 Å². The highest BCUT2D eigenvalue weighted by Crippen LogP contribution is 2.24. The molecule has 0 aromatic heterocycles. The van der Waals surface area contributed by atoms with Gasteiger partial charge in [-0.3, -0.25) is 4.79 Å². The Bertz CT molecular complexity index is 231. The van der Waals surface area contributed by atoms with E-state index < -0.39 is 5.60 Å². The summed E-state index contributed by atoms with van der Waals surface area (Å²) in [6.45, 7) is 1.76. The van der Waals surface area contributed by atoms with Crippen LogP contribution in [0.5, 0.6) is 0 Å². The van der Waals surface area contributed by atoms with Gasteiger partial charge in [-0.15, -0.1) is 0 Å². The van der Waals surface area contributed by atoms with Crippen molar-refractivity contribution in [2.24, 2.45) is 0 Å². The molecule has 0 radical (unpaired) electrons. The Hall–Kier alpha value is -0.610. The molecule has 0 bridgehead atoms. The summed E-state index contributed by atoms with van der Waals surface area (Å²) >= 11 is 0. The third-order valence-corrected chi connectivity index (χ3v) is 3.19. The fraction of sp³-hybridized carbons (Fsp3) is 0.909. The Labute approximate surface area is 90.4 Å². The molecular weight excluding hydrogens is 192 g/mol. The lowest BCUT2D eigenvalue weighted by Crippen LogP contribution is -2.38. The number of carbonyl (C=O) groups is 1. The zero-order chi connectivity index (χ0) is 10.7. The SMILES string of the molecule is O=C(CC1(O)CCCNCC1)NC1CC1. The third kappa shape index (κ3) is 3.47. The normalized spacial score (nSPS) is 32.1. The Kier molecular flexibility index (Phi) is 3.26. The lowest BCUT2D eigenvalue weighted by atomic mass is 9.91. The molecule has 2 aliphatic rings. The van der Waals surface area contributed by atoms with Crippen LogP contribution in [0, 0.1) is 0 Å². The number of aliphatic hydroxyl groups is 1. The molecule has 0 aromatic carbocycles. The first kappa shape index (κ1) is 10.9. The monoisotopic (exact) mass is 212 g/mol. The summed E-state index contributed by atoms with van der Waals surface area (Å²) in [5.74, 6) is 0.0156. The van der Waals surface area contributed by atoms with Crippen LogP contribution in [-0.4, -0.2) is 35.7 Å². The maximum absolute atomic E-state index is 11.6. The van der Waals surface area contributed by atoms with E-state index in [1.807, 2.05) is 0 Å². The summed E-state index contributed by atoms with van der Waals surface area (Å²) in [5, 5.41) is 16.4. The molecule has 15 heavy (non-hydrogen) atoms. The molecule has 1 atom stereocenters. The van der Waals surface area contributed by atoms with Crippen molar-refractivity contribution in [3.05, 3.63) is 0 Å². The predicted molar refractivity (Wildman–Crippen MR) is 57.5 cm³/mol. The molecule has 1 saturated heterocycles. The van der Waals surface area contributed by atoms with Crippen molar-refractivity contribution in [2.45, 2.75) is 50.2 Å². The van der Waals surface area contributed by atoms with Gasteiger partial charge in [-0.25, -0.2) is 0 Å². The first-order valence-electron chi connectivity index (χ1n) is 5.90. The van der Waals surface area contributed by atoms with Crippen LogP contribution in [0.2, 0.25) is 0 Å². The molecule has 1 aliphatic heterocycles. The van der Waals surface area contributed by atoms with E-state index >= 15 is 0 Å². The Morgan fingerprint density at radius 3 is 2.93 bits per heavy atom. The highest BCUT2D eigenvalue weighted by atomic mass is 16.3. The summed E-state index contributed by atoms with van der Waals surface area (Å²) in [4.78, 5) is 11.6. The van der Waals surface area contributed by atoms with Crippen molar-refractivity contribution in [3.63, 3.8) is 0 Å². The van der Waals surface area contributed by atoms with Gasteiger partial charge in [0.2, 0.25) is 5.91 Å². The molecule has 3 N–H and O–H groups in total. The van der Waals surface area contributed by atoms with Gasteiger partial charge < -0.3 is 15.7 Å². The number of hydrogen-bond donors (Lipinski definition) is 3. The van der Waals surface area contributed by atoms with Crippen LogP contribution in [0.1, 0.15) is 38.5 Å². The second-order valence-corrected chi connectivity index (χ2v) is 4.85. The fourth-order valence-electron chi connectivity index (χ4n) is 2.10. The average Bonchev–Trinajstić information content (AvgIpc) is 2.94. The summed E-state index contributed by atoms with van der Waals surface area (Å²) in [6, 6.07) is 0.394. The minimum atomic E-state index is -0.775. The van der Waals surface area contributed by atoms with Crippen LogP contribution in [-0.2, 0) is 4.79 Å². The van der Waals surface area contributed by atoms with Crippen molar-refractivity contribution < 1.29 is 9.90 Å². The first-order chi connectivity index (χ1) is 7.18. The van der Waals surface area contributed by atoms with Crippen molar-refractivity contribution in [1.82, 2.24) is 10.6 Å². The number of rotatable bonds is 3. The van der Waals surface area contributed by atoms with Crippen LogP contribution in [0.3, 0.4) is 0 Å². The van der Waals surface area contributed by atoms with E-state index in [9.17, 15) is 9.90 Å². The molecule has 4 nitrogen and oxygen atoms in total. The number of hydrogen-bond acceptors (Lipinski definition) is 3. The molecule has 1 aliphatic carbocycles. The zero-order valence-electron chi connectivity index (χ0n) is 9.09. The third-order valence-electron chi connectivity index (χ3n) is 3.19. The first-order valence-corrected chi connectivity index (χ1v) is 5.90. The van der Waals surface area contributed by atoms with E-state index in [1.165, 1.54) is 0 Å². The van der Waals surface area contributed by atoms with E-state index in [-0.39, 0.29) is 12.3 Å². The lowest BCUT2D eigenvalue weighted by molar-refractivity contribution is -0.126. The molecule has 4 heteroatoms. The van der Waals surface area contributed by atoms with E-state index in [4.69, 9.17) is 0 Å². The van der Waals surface area contributed by atoms with E-state index in [2.05, 4.69) is 10.6 Å². The van der Waals surface area contributed by atoms with Crippen molar-refractivity contribution >= 4 is 5.91 Å². The second kappa shape index (κ2) is 4.49. The Balaban J connectivity index is 1.80. The standard InChI is InChI=1S/C11H20N2O2/c14-10(13-9-2-3-9)8-11(15)4-1-6-12-7-5-11/h9,12,15H,1-8H2,(H,13,14). The Morgan fingerprint density at radius 2 is 2.20 bits per heavy atom. The molecule has 1 amide bonds. The minimum Gasteiger partial charge on any atom is -0.389 e. The topological polar surface area (TPSA) is 61.4 Å². The number of nitrogens with one attached hydrogen (secondary N) is 2. The van der Waals surface area contributed by atoms with Crippen LogP contribution >= 0.6 is 0 Å². The molecule has 86 valence electrons. The smallest absolute Gasteiger partial charge is 0.223 e. The average molecular weight is 212 g/mol. The maximum atomic E-state index is 11.6. The minimum absolute atomic E-state index is 0.0156. The van der Waals surface area contributed by atoms with Gasteiger partial charge in [0.1, 0.15) is 0 Å². The van der Waals surface area contributed by atoms with E-state index in [0.717, 1.165) is 38.8 Å². The van der Waals surface area contributed by atoms with Crippen molar-refractivity contribution in [2.75, 3.05) is 13.1 Å². The fourth-order valence-corrected chi connectivity index (χ4v) is 2.10. The van der Waals surface area contributed by atoms with Crippen LogP contribution in [0.25, 0.3) is 0 Å². The molecular formula is C11H20N2O2. The lowest BCUT2D eigenvalue weighted by Gasteiger charge is -2.25. The van der Waals surface area contributed by atoms with Crippen molar-refractivity contribution in [3.8, 4) is 0 Å². The van der Waals surface area contributed by atoms with E-state index in [0.29, 0.717) is 12.5 Å². The zero-order valence-corrected chi connectivity index (χ0v) is 9.09. The summed E-state index contributed by atoms with van der Waals surface area (Å²) in [7, 11) is 0.